The van der Waals surface area contributed by atoms with Crippen LogP contribution in [0.4, 0.5) is 27.1 Å². The van der Waals surface area contributed by atoms with E-state index in [1.54, 1.807) is 31.2 Å². The number of nitrogens with zero attached hydrogens (tertiary/aromatic N) is 1. The molecule has 6 heteroatoms. The van der Waals surface area contributed by atoms with Crippen molar-refractivity contribution in [1.82, 2.24) is 0 Å². The van der Waals surface area contributed by atoms with Gasteiger partial charge in [-0.1, -0.05) is 6.07 Å². The van der Waals surface area contributed by atoms with Crippen LogP contribution in [0.5, 0.6) is 0 Å². The van der Waals surface area contributed by atoms with Crippen LogP contribution in [0.2, 0.25) is 0 Å². The van der Waals surface area contributed by atoms with E-state index in [1.807, 2.05) is 0 Å². The Hall–Kier alpha value is -2.63. The quantitative estimate of drug-likeness (QED) is 0.504. The first kappa shape index (κ1) is 12.8. The first-order valence-electron chi connectivity index (χ1n) is 5.54. The van der Waals surface area contributed by atoms with Crippen LogP contribution in [0.3, 0.4) is 0 Å². The van der Waals surface area contributed by atoms with Gasteiger partial charge >= 0.3 is 0 Å². The van der Waals surface area contributed by atoms with E-state index in [0.29, 0.717) is 16.9 Å². The molecule has 98 valence electrons. The Labute approximate surface area is 109 Å². The van der Waals surface area contributed by atoms with Gasteiger partial charge in [0.15, 0.2) is 0 Å². The molecule has 0 fully saturated rings. The predicted molar refractivity (Wildman–Crippen MR) is 71.9 cm³/mol. The molecule has 0 radical (unpaired) electrons. The Bertz CT molecular complexity index is 644. The number of aryl methyl sites for hydroxylation is 1. The molecule has 19 heavy (non-hydrogen) atoms. The van der Waals surface area contributed by atoms with Gasteiger partial charge in [0, 0.05) is 11.4 Å². The Balaban J connectivity index is 2.44. The van der Waals surface area contributed by atoms with E-state index in [4.69, 9.17) is 5.73 Å². The largest absolute Gasteiger partial charge is 0.399 e. The number of benzene rings is 2. The Morgan fingerprint density at radius 1 is 1.32 bits per heavy atom. The first-order chi connectivity index (χ1) is 8.97. The van der Waals surface area contributed by atoms with Crippen LogP contribution in [-0.2, 0) is 0 Å². The minimum absolute atomic E-state index is 0.231. The maximum Gasteiger partial charge on any atom is 0.295 e. The SMILES string of the molecule is Cc1cc(Nc2cccc(N)c2)c([N+](=O)[O-])cc1F. The van der Waals surface area contributed by atoms with E-state index in [-0.39, 0.29) is 11.4 Å². The molecule has 0 unspecified atom stereocenters. The summed E-state index contributed by atoms with van der Waals surface area (Å²) in [5, 5.41) is 13.8. The molecule has 0 aliphatic rings. The summed E-state index contributed by atoms with van der Waals surface area (Å²) in [6.45, 7) is 1.55. The molecule has 0 spiro atoms. The van der Waals surface area contributed by atoms with Crippen molar-refractivity contribution in [2.75, 3.05) is 11.1 Å². The third-order valence-electron chi connectivity index (χ3n) is 2.64. The summed E-state index contributed by atoms with van der Waals surface area (Å²) >= 11 is 0. The van der Waals surface area contributed by atoms with E-state index in [2.05, 4.69) is 5.32 Å². The number of rotatable bonds is 3. The van der Waals surface area contributed by atoms with Gasteiger partial charge in [-0.05, 0) is 36.8 Å². The highest BCUT2D eigenvalue weighted by atomic mass is 19.1. The van der Waals surface area contributed by atoms with E-state index in [9.17, 15) is 14.5 Å². The van der Waals surface area contributed by atoms with Gasteiger partial charge in [-0.25, -0.2) is 4.39 Å². The zero-order chi connectivity index (χ0) is 14.0. The molecule has 0 aliphatic heterocycles. The molecule has 0 amide bonds. The minimum atomic E-state index is -0.628. The van der Waals surface area contributed by atoms with E-state index < -0.39 is 10.7 Å². The Morgan fingerprint density at radius 2 is 2.05 bits per heavy atom. The van der Waals surface area contributed by atoms with Gasteiger partial charge in [-0.15, -0.1) is 0 Å². The number of anilines is 3. The zero-order valence-corrected chi connectivity index (χ0v) is 10.2. The van der Waals surface area contributed by atoms with Crippen LogP contribution in [0, 0.1) is 22.9 Å². The fraction of sp³-hybridized carbons (Fsp3) is 0.0769. The maximum atomic E-state index is 13.4. The second kappa shape index (κ2) is 4.93. The number of nitro benzene ring substituents is 1. The summed E-state index contributed by atoms with van der Waals surface area (Å²) in [5.41, 5.74) is 7.02. The minimum Gasteiger partial charge on any atom is -0.399 e. The summed E-state index contributed by atoms with van der Waals surface area (Å²) in [7, 11) is 0. The van der Waals surface area contributed by atoms with Gasteiger partial charge in [0.2, 0.25) is 0 Å². The summed E-state index contributed by atoms with van der Waals surface area (Å²) in [6, 6.07) is 9.09. The highest BCUT2D eigenvalue weighted by molar-refractivity contribution is 5.71. The van der Waals surface area contributed by atoms with Gasteiger partial charge < -0.3 is 11.1 Å². The summed E-state index contributed by atoms with van der Waals surface area (Å²) in [6.07, 6.45) is 0. The lowest BCUT2D eigenvalue weighted by atomic mass is 10.1. The lowest BCUT2D eigenvalue weighted by Crippen LogP contribution is -1.99. The van der Waals surface area contributed by atoms with Crippen molar-refractivity contribution >= 4 is 22.7 Å². The Kier molecular flexibility index (Phi) is 3.33. The number of hydrogen-bond acceptors (Lipinski definition) is 4. The molecule has 0 heterocycles. The molecule has 0 aromatic heterocycles. The second-order valence-electron chi connectivity index (χ2n) is 4.13. The van der Waals surface area contributed by atoms with Crippen molar-refractivity contribution in [1.29, 1.82) is 0 Å². The van der Waals surface area contributed by atoms with E-state index in [1.165, 1.54) is 6.07 Å². The molecule has 2 rings (SSSR count). The molecule has 0 saturated heterocycles. The van der Waals surface area contributed by atoms with Crippen LogP contribution in [-0.4, -0.2) is 4.92 Å². The van der Waals surface area contributed by atoms with Crippen LogP contribution in [0.25, 0.3) is 0 Å². The van der Waals surface area contributed by atoms with Crippen molar-refractivity contribution < 1.29 is 9.31 Å². The standard InChI is InChI=1S/C13H12FN3O2/c1-8-5-12(13(17(18)19)7-11(8)14)16-10-4-2-3-9(15)6-10/h2-7,16H,15H2,1H3. The normalized spacial score (nSPS) is 10.2. The van der Waals surface area contributed by atoms with Crippen molar-refractivity contribution in [3.8, 4) is 0 Å². The molecule has 0 aliphatic carbocycles. The molecule has 5 nitrogen and oxygen atoms in total. The summed E-state index contributed by atoms with van der Waals surface area (Å²) in [5.74, 6) is -0.607. The molecule has 0 saturated carbocycles. The number of hydrogen-bond donors (Lipinski definition) is 2. The van der Waals surface area contributed by atoms with Gasteiger partial charge in [0.05, 0.1) is 11.0 Å². The average molecular weight is 261 g/mol. The molecule has 0 bridgehead atoms. The van der Waals surface area contributed by atoms with Crippen molar-refractivity contribution in [3.63, 3.8) is 0 Å². The third-order valence-corrected chi connectivity index (χ3v) is 2.64. The fourth-order valence-corrected chi connectivity index (χ4v) is 1.69. The number of nitro groups is 1. The molecule has 2 aromatic carbocycles. The van der Waals surface area contributed by atoms with Gasteiger partial charge in [-0.3, -0.25) is 10.1 Å². The number of halogens is 1. The lowest BCUT2D eigenvalue weighted by molar-refractivity contribution is -0.384. The van der Waals surface area contributed by atoms with Crippen molar-refractivity contribution in [2.24, 2.45) is 0 Å². The van der Waals surface area contributed by atoms with Gasteiger partial charge in [0.1, 0.15) is 11.5 Å². The average Bonchev–Trinajstić information content (AvgIpc) is 2.33. The van der Waals surface area contributed by atoms with E-state index in [0.717, 1.165) is 6.07 Å². The van der Waals surface area contributed by atoms with Crippen molar-refractivity contribution in [2.45, 2.75) is 6.92 Å². The van der Waals surface area contributed by atoms with Gasteiger partial charge in [-0.2, -0.15) is 0 Å². The molecule has 3 N–H and O–H groups in total. The maximum absolute atomic E-state index is 13.4. The Morgan fingerprint density at radius 3 is 2.68 bits per heavy atom. The van der Waals surface area contributed by atoms with E-state index >= 15 is 0 Å². The monoisotopic (exact) mass is 261 g/mol. The first-order valence-corrected chi connectivity index (χ1v) is 5.54. The highest BCUT2D eigenvalue weighted by Gasteiger charge is 2.17. The van der Waals surface area contributed by atoms with Crippen LogP contribution in [0.1, 0.15) is 5.56 Å². The number of nitrogen functional groups attached to an aromatic ring is 1. The molecular formula is C13H12FN3O2. The zero-order valence-electron chi connectivity index (χ0n) is 10.2. The topological polar surface area (TPSA) is 81.2 Å². The second-order valence-corrected chi connectivity index (χ2v) is 4.13. The number of nitrogens with two attached hydrogens (primary N) is 1. The molecular weight excluding hydrogens is 249 g/mol. The lowest BCUT2D eigenvalue weighted by Gasteiger charge is -2.09. The van der Waals surface area contributed by atoms with Crippen molar-refractivity contribution in [3.05, 3.63) is 57.9 Å². The molecule has 0 atom stereocenters. The predicted octanol–water partition coefficient (Wildman–Crippen LogP) is 3.37. The fourth-order valence-electron chi connectivity index (χ4n) is 1.69. The van der Waals surface area contributed by atoms with Crippen LogP contribution in [0.15, 0.2) is 36.4 Å². The van der Waals surface area contributed by atoms with Crippen LogP contribution < -0.4 is 11.1 Å². The van der Waals surface area contributed by atoms with Crippen LogP contribution >= 0.6 is 0 Å². The third kappa shape index (κ3) is 2.79. The molecule has 2 aromatic rings. The summed E-state index contributed by atoms with van der Waals surface area (Å²) in [4.78, 5) is 10.3. The smallest absolute Gasteiger partial charge is 0.295 e. The van der Waals surface area contributed by atoms with Gasteiger partial charge in [0.25, 0.3) is 5.69 Å². The summed E-state index contributed by atoms with van der Waals surface area (Å²) < 4.78 is 13.4. The number of nitrogens with one attached hydrogen (secondary N) is 1. The highest BCUT2D eigenvalue weighted by Crippen LogP contribution is 2.30.